The van der Waals surface area contributed by atoms with E-state index in [0.29, 0.717) is 13.2 Å². The van der Waals surface area contributed by atoms with Gasteiger partial charge >= 0.3 is 0 Å². The second-order valence-electron chi connectivity index (χ2n) is 2.39. The highest BCUT2D eigenvalue weighted by atomic mass is 16.7. The third-order valence-electron chi connectivity index (χ3n) is 1.67. The average molecular weight is 142 g/mol. The predicted octanol–water partition coefficient (Wildman–Crippen LogP) is 0.662. The molecule has 1 saturated heterocycles. The molecule has 2 aliphatic rings. The van der Waals surface area contributed by atoms with E-state index in [4.69, 9.17) is 14.2 Å². The van der Waals surface area contributed by atoms with Crippen molar-refractivity contribution in [3.05, 3.63) is 12.3 Å². The largest absolute Gasteiger partial charge is 0.493 e. The van der Waals surface area contributed by atoms with Gasteiger partial charge < -0.3 is 14.2 Å². The van der Waals surface area contributed by atoms with Gasteiger partial charge in [-0.1, -0.05) is 0 Å². The zero-order valence-electron chi connectivity index (χ0n) is 5.66. The maximum absolute atomic E-state index is 5.25. The van der Waals surface area contributed by atoms with Crippen molar-refractivity contribution in [2.45, 2.75) is 18.8 Å². The molecule has 0 aliphatic carbocycles. The minimum atomic E-state index is -0.130. The molecule has 0 amide bonds. The summed E-state index contributed by atoms with van der Waals surface area (Å²) in [6.45, 7) is 1.40. The Bertz CT molecular complexity index is 130. The molecular weight excluding hydrogens is 132 g/mol. The fourth-order valence-electron chi connectivity index (χ4n) is 1.17. The number of ether oxygens (including phenoxy) is 3. The lowest BCUT2D eigenvalue weighted by atomic mass is 10.3. The summed E-state index contributed by atoms with van der Waals surface area (Å²) in [5.74, 6) is 0. The van der Waals surface area contributed by atoms with Crippen LogP contribution in [0.15, 0.2) is 12.3 Å². The van der Waals surface area contributed by atoms with E-state index >= 15 is 0 Å². The Morgan fingerprint density at radius 2 is 2.00 bits per heavy atom. The van der Waals surface area contributed by atoms with E-state index in [2.05, 4.69) is 0 Å². The summed E-state index contributed by atoms with van der Waals surface area (Å²) in [6, 6.07) is 0. The first-order chi connectivity index (χ1) is 4.97. The van der Waals surface area contributed by atoms with Gasteiger partial charge in [-0.25, -0.2) is 0 Å². The van der Waals surface area contributed by atoms with E-state index in [0.717, 1.165) is 6.42 Å². The van der Waals surface area contributed by atoms with Crippen LogP contribution >= 0.6 is 0 Å². The molecule has 10 heavy (non-hydrogen) atoms. The van der Waals surface area contributed by atoms with E-state index in [1.165, 1.54) is 0 Å². The van der Waals surface area contributed by atoms with Crippen molar-refractivity contribution in [2.75, 3.05) is 13.2 Å². The van der Waals surface area contributed by atoms with E-state index < -0.39 is 0 Å². The molecule has 0 spiro atoms. The minimum absolute atomic E-state index is 0.0995. The molecule has 0 aromatic rings. The quantitative estimate of drug-likeness (QED) is 0.538. The van der Waals surface area contributed by atoms with E-state index in [-0.39, 0.29) is 12.4 Å². The molecule has 3 nitrogen and oxygen atoms in total. The predicted molar refractivity (Wildman–Crippen MR) is 34.3 cm³/mol. The van der Waals surface area contributed by atoms with Gasteiger partial charge in [-0.2, -0.15) is 0 Å². The molecule has 3 heteroatoms. The number of rotatable bonds is 1. The fraction of sp³-hybridized carbons (Fsp3) is 0.714. The first kappa shape index (κ1) is 6.19. The topological polar surface area (TPSA) is 27.7 Å². The summed E-state index contributed by atoms with van der Waals surface area (Å²) in [6.07, 6.45) is 4.56. The van der Waals surface area contributed by atoms with Gasteiger partial charge in [0.2, 0.25) is 0 Å². The van der Waals surface area contributed by atoms with Crippen molar-refractivity contribution in [3.8, 4) is 0 Å². The van der Waals surface area contributed by atoms with Crippen LogP contribution in [0, 0.1) is 0 Å². The fourth-order valence-corrected chi connectivity index (χ4v) is 1.17. The Labute approximate surface area is 59.6 Å². The molecule has 0 saturated carbocycles. The summed E-state index contributed by atoms with van der Waals surface area (Å²) in [7, 11) is 0. The summed E-state index contributed by atoms with van der Waals surface area (Å²) in [5.41, 5.74) is 0. The van der Waals surface area contributed by atoms with Gasteiger partial charge in [-0.3, -0.25) is 0 Å². The van der Waals surface area contributed by atoms with Gasteiger partial charge in [0.25, 0.3) is 0 Å². The van der Waals surface area contributed by atoms with Crippen molar-refractivity contribution in [3.63, 3.8) is 0 Å². The SMILES string of the molecule is C1=COC(C2OCCO2)C1. The van der Waals surface area contributed by atoms with E-state index in [9.17, 15) is 0 Å². The monoisotopic (exact) mass is 142 g/mol. The molecule has 2 aliphatic heterocycles. The molecule has 1 atom stereocenters. The average Bonchev–Trinajstić information content (AvgIpc) is 2.59. The molecule has 2 rings (SSSR count). The third-order valence-corrected chi connectivity index (χ3v) is 1.67. The van der Waals surface area contributed by atoms with Gasteiger partial charge in [0.1, 0.15) is 0 Å². The van der Waals surface area contributed by atoms with Crippen LogP contribution in [-0.2, 0) is 14.2 Å². The highest BCUT2D eigenvalue weighted by molar-refractivity contribution is 4.88. The van der Waals surface area contributed by atoms with Gasteiger partial charge in [0.05, 0.1) is 19.5 Å². The zero-order chi connectivity index (χ0) is 6.81. The highest BCUT2D eigenvalue weighted by Gasteiger charge is 2.28. The molecule has 0 aromatic heterocycles. The van der Waals surface area contributed by atoms with Crippen molar-refractivity contribution in [1.82, 2.24) is 0 Å². The Morgan fingerprint density at radius 3 is 2.60 bits per heavy atom. The van der Waals surface area contributed by atoms with Crippen LogP contribution in [0.3, 0.4) is 0 Å². The first-order valence-electron chi connectivity index (χ1n) is 3.50. The second kappa shape index (κ2) is 2.60. The Kier molecular flexibility index (Phi) is 1.61. The Hall–Kier alpha value is -0.540. The van der Waals surface area contributed by atoms with Crippen LogP contribution in [0.25, 0.3) is 0 Å². The van der Waals surface area contributed by atoms with Crippen LogP contribution in [0.5, 0.6) is 0 Å². The van der Waals surface area contributed by atoms with Crippen LogP contribution < -0.4 is 0 Å². The summed E-state index contributed by atoms with van der Waals surface area (Å²) in [5, 5.41) is 0. The van der Waals surface area contributed by atoms with Crippen LogP contribution in [0.1, 0.15) is 6.42 Å². The number of hydrogen-bond acceptors (Lipinski definition) is 3. The standard InChI is InChI=1S/C7H10O3/c1-2-6(8-3-1)7-9-4-5-10-7/h1,3,6-7H,2,4-5H2. The van der Waals surface area contributed by atoms with Crippen LogP contribution in [0.2, 0.25) is 0 Å². The van der Waals surface area contributed by atoms with Crippen molar-refractivity contribution < 1.29 is 14.2 Å². The van der Waals surface area contributed by atoms with Gasteiger partial charge in [-0.05, 0) is 6.08 Å². The molecular formula is C7H10O3. The lowest BCUT2D eigenvalue weighted by Crippen LogP contribution is -2.25. The Morgan fingerprint density at radius 1 is 1.20 bits per heavy atom. The van der Waals surface area contributed by atoms with E-state index in [1.807, 2.05) is 6.08 Å². The second-order valence-corrected chi connectivity index (χ2v) is 2.39. The van der Waals surface area contributed by atoms with E-state index in [1.54, 1.807) is 6.26 Å². The van der Waals surface area contributed by atoms with Crippen molar-refractivity contribution in [2.24, 2.45) is 0 Å². The van der Waals surface area contributed by atoms with Gasteiger partial charge in [0.15, 0.2) is 12.4 Å². The molecule has 0 N–H and O–H groups in total. The Balaban J connectivity index is 1.87. The number of hydrogen-bond donors (Lipinski definition) is 0. The van der Waals surface area contributed by atoms with Crippen molar-refractivity contribution >= 4 is 0 Å². The molecule has 0 radical (unpaired) electrons. The van der Waals surface area contributed by atoms with Gasteiger partial charge in [-0.15, -0.1) is 0 Å². The highest BCUT2D eigenvalue weighted by Crippen LogP contribution is 2.19. The molecule has 2 heterocycles. The summed E-state index contributed by atoms with van der Waals surface area (Å²) in [4.78, 5) is 0. The van der Waals surface area contributed by atoms with Crippen molar-refractivity contribution in [1.29, 1.82) is 0 Å². The lowest BCUT2D eigenvalue weighted by molar-refractivity contribution is -0.116. The molecule has 0 aromatic carbocycles. The summed E-state index contributed by atoms with van der Waals surface area (Å²) < 4.78 is 15.7. The first-order valence-corrected chi connectivity index (χ1v) is 3.50. The molecule has 56 valence electrons. The van der Waals surface area contributed by atoms with Crippen LogP contribution in [-0.4, -0.2) is 25.6 Å². The van der Waals surface area contributed by atoms with Gasteiger partial charge in [0, 0.05) is 6.42 Å². The smallest absolute Gasteiger partial charge is 0.195 e. The summed E-state index contributed by atoms with van der Waals surface area (Å²) >= 11 is 0. The minimum Gasteiger partial charge on any atom is -0.493 e. The normalized spacial score (nSPS) is 33.0. The molecule has 1 unspecified atom stereocenters. The lowest BCUT2D eigenvalue weighted by Gasteiger charge is -2.15. The molecule has 1 fully saturated rings. The zero-order valence-corrected chi connectivity index (χ0v) is 5.66. The third kappa shape index (κ3) is 1.02. The molecule has 0 bridgehead atoms. The maximum atomic E-state index is 5.25. The maximum Gasteiger partial charge on any atom is 0.195 e. The van der Waals surface area contributed by atoms with Crippen LogP contribution in [0.4, 0.5) is 0 Å².